The molecule has 0 fully saturated rings. The van der Waals surface area contributed by atoms with Crippen LogP contribution in [0.1, 0.15) is 60.7 Å². The van der Waals surface area contributed by atoms with Crippen LogP contribution in [-0.4, -0.2) is 10.7 Å². The molecule has 2 atom stereocenters. The molecular weight excluding hydrogens is 540 g/mol. The van der Waals surface area contributed by atoms with Crippen LogP contribution in [0, 0.1) is 0 Å². The van der Waals surface area contributed by atoms with Gasteiger partial charge in [0.25, 0.3) is 0 Å². The second-order valence-electron chi connectivity index (χ2n) is 8.25. The molecule has 31 heavy (non-hydrogen) atoms. The Kier molecular flexibility index (Phi) is 5.61. The monoisotopic (exact) mass is 558 g/mol. The number of ether oxygens (including phenoxy) is 1. The van der Waals surface area contributed by atoms with E-state index >= 15 is 0 Å². The lowest BCUT2D eigenvalue weighted by Crippen LogP contribution is -2.34. The molecule has 2 aliphatic heterocycles. The van der Waals surface area contributed by atoms with E-state index in [2.05, 4.69) is 81.0 Å². The van der Waals surface area contributed by atoms with Crippen molar-refractivity contribution in [1.82, 2.24) is 5.01 Å². The molecule has 0 aliphatic carbocycles. The maximum Gasteiger partial charge on any atom is 0.213 e. The topological polar surface area (TPSA) is 24.8 Å². The lowest BCUT2D eigenvalue weighted by Gasteiger charge is -2.38. The molecule has 0 amide bonds. The molecule has 0 spiro atoms. The third-order valence-corrected chi connectivity index (χ3v) is 7.17. The predicted octanol–water partition coefficient (Wildman–Crippen LogP) is 8.23. The van der Waals surface area contributed by atoms with E-state index in [1.54, 1.807) is 0 Å². The van der Waals surface area contributed by atoms with Crippen molar-refractivity contribution < 1.29 is 4.74 Å². The summed E-state index contributed by atoms with van der Waals surface area (Å²) in [6.45, 7) is 4.41. The first-order valence-corrected chi connectivity index (χ1v) is 12.2. The van der Waals surface area contributed by atoms with Crippen molar-refractivity contribution in [3.8, 4) is 5.75 Å². The number of hydrazone groups is 1. The highest BCUT2D eigenvalue weighted by Gasteiger charge is 2.42. The summed E-state index contributed by atoms with van der Waals surface area (Å²) in [6.07, 6.45) is 0.516. The largest absolute Gasteiger partial charge is 0.463 e. The molecule has 0 saturated carbocycles. The van der Waals surface area contributed by atoms with Gasteiger partial charge in [0.1, 0.15) is 5.75 Å². The van der Waals surface area contributed by atoms with Crippen LogP contribution >= 0.6 is 43.5 Å². The lowest BCUT2D eigenvalue weighted by molar-refractivity contribution is -0.0197. The van der Waals surface area contributed by atoms with Crippen LogP contribution in [-0.2, 0) is 0 Å². The van der Waals surface area contributed by atoms with Gasteiger partial charge in [-0.1, -0.05) is 77.8 Å². The second-order valence-corrected chi connectivity index (χ2v) is 10.5. The van der Waals surface area contributed by atoms with E-state index in [9.17, 15) is 0 Å². The number of hydrogen-bond acceptors (Lipinski definition) is 3. The highest BCUT2D eigenvalue weighted by molar-refractivity contribution is 9.11. The minimum Gasteiger partial charge on any atom is -0.463 e. The van der Waals surface area contributed by atoms with Crippen LogP contribution in [0.5, 0.6) is 5.75 Å². The van der Waals surface area contributed by atoms with Crippen molar-refractivity contribution in [1.29, 1.82) is 0 Å². The number of hydrogen-bond donors (Lipinski definition) is 0. The van der Waals surface area contributed by atoms with E-state index in [0.717, 1.165) is 48.5 Å². The highest BCUT2D eigenvalue weighted by atomic mass is 79.9. The predicted molar refractivity (Wildman–Crippen MR) is 133 cm³/mol. The van der Waals surface area contributed by atoms with Crippen molar-refractivity contribution in [3.05, 3.63) is 96.9 Å². The first kappa shape index (κ1) is 21.0. The van der Waals surface area contributed by atoms with E-state index < -0.39 is 0 Å². The molecular formula is C25H21Br2ClN2O. The Morgan fingerprint density at radius 1 is 1.03 bits per heavy atom. The van der Waals surface area contributed by atoms with E-state index in [4.69, 9.17) is 21.4 Å². The van der Waals surface area contributed by atoms with Crippen molar-refractivity contribution in [3.63, 3.8) is 0 Å². The fraction of sp³-hybridized carbons (Fsp3) is 0.240. The molecule has 0 aromatic heterocycles. The summed E-state index contributed by atoms with van der Waals surface area (Å²) in [7, 11) is 0. The van der Waals surface area contributed by atoms with E-state index in [1.807, 2.05) is 30.3 Å². The van der Waals surface area contributed by atoms with Crippen LogP contribution in [0.15, 0.2) is 74.7 Å². The maximum atomic E-state index is 6.55. The van der Waals surface area contributed by atoms with Crippen LogP contribution < -0.4 is 4.74 Å². The van der Waals surface area contributed by atoms with Crippen molar-refractivity contribution in [2.24, 2.45) is 5.10 Å². The summed E-state index contributed by atoms with van der Waals surface area (Å²) >= 11 is 13.4. The zero-order chi connectivity index (χ0) is 21.7. The molecule has 0 radical (unpaired) electrons. The van der Waals surface area contributed by atoms with Crippen LogP contribution in [0.3, 0.4) is 0 Å². The zero-order valence-electron chi connectivity index (χ0n) is 17.1. The molecule has 2 heterocycles. The van der Waals surface area contributed by atoms with Gasteiger partial charge in [-0.3, -0.25) is 0 Å². The van der Waals surface area contributed by atoms with Crippen molar-refractivity contribution in [2.75, 3.05) is 0 Å². The molecule has 0 saturated heterocycles. The van der Waals surface area contributed by atoms with E-state index in [-0.39, 0.29) is 12.3 Å². The normalized spacial score (nSPS) is 19.7. The molecule has 2 aliphatic rings. The summed E-state index contributed by atoms with van der Waals surface area (Å²) in [4.78, 5) is 0. The first-order chi connectivity index (χ1) is 14.9. The minimum absolute atomic E-state index is 0.0954. The van der Waals surface area contributed by atoms with Gasteiger partial charge in [0, 0.05) is 27.0 Å². The van der Waals surface area contributed by atoms with Crippen molar-refractivity contribution in [2.45, 2.75) is 38.5 Å². The van der Waals surface area contributed by atoms with Crippen LogP contribution in [0.4, 0.5) is 0 Å². The molecule has 0 N–H and O–H groups in total. The fourth-order valence-electron chi connectivity index (χ4n) is 4.20. The third kappa shape index (κ3) is 3.92. The minimum atomic E-state index is -0.291. The Labute approximate surface area is 204 Å². The quantitative estimate of drug-likeness (QED) is 0.322. The number of rotatable bonds is 3. The van der Waals surface area contributed by atoms with Crippen LogP contribution in [0.2, 0.25) is 5.02 Å². The molecule has 3 aromatic rings. The number of benzene rings is 3. The standard InChI is InChI=1S/C25H21Br2ClN2O/c1-14(2)15-3-5-17(6-4-15)25-30-23(20-11-18(26)12-21(27)24(20)31-25)13-22(29-30)16-7-9-19(28)10-8-16/h3-12,14,23,25H,13H2,1-2H3/t23-,25-/m0/s1. The molecule has 6 heteroatoms. The Bertz CT molecular complexity index is 1160. The van der Waals surface area contributed by atoms with Crippen molar-refractivity contribution >= 4 is 49.2 Å². The fourth-order valence-corrected chi connectivity index (χ4v) is 5.67. The summed E-state index contributed by atoms with van der Waals surface area (Å²) in [5.41, 5.74) is 5.66. The average Bonchev–Trinajstić information content (AvgIpc) is 3.19. The molecule has 0 unspecified atom stereocenters. The molecule has 3 aromatic carbocycles. The van der Waals surface area contributed by atoms with Crippen LogP contribution in [0.25, 0.3) is 0 Å². The average molecular weight is 561 g/mol. The number of fused-ring (bicyclic) bond motifs is 3. The Morgan fingerprint density at radius 3 is 2.42 bits per heavy atom. The van der Waals surface area contributed by atoms with E-state index in [1.165, 1.54) is 5.56 Å². The molecule has 0 bridgehead atoms. The number of nitrogens with zero attached hydrogens (tertiary/aromatic N) is 2. The smallest absolute Gasteiger partial charge is 0.213 e. The Morgan fingerprint density at radius 2 is 1.74 bits per heavy atom. The summed E-state index contributed by atoms with van der Waals surface area (Å²) < 4.78 is 8.51. The van der Waals surface area contributed by atoms with Gasteiger partial charge in [0.05, 0.1) is 16.2 Å². The molecule has 158 valence electrons. The SMILES string of the molecule is CC(C)c1ccc([C@@H]2Oc3c(Br)cc(Br)cc3[C@@H]3CC(c4ccc(Cl)cc4)=NN32)cc1. The van der Waals surface area contributed by atoms with Gasteiger partial charge in [0.2, 0.25) is 6.23 Å². The molecule has 5 rings (SSSR count). The van der Waals surface area contributed by atoms with Gasteiger partial charge in [-0.25, -0.2) is 5.01 Å². The second kappa shape index (κ2) is 8.27. The van der Waals surface area contributed by atoms with Gasteiger partial charge >= 0.3 is 0 Å². The summed E-state index contributed by atoms with van der Waals surface area (Å²) in [5.74, 6) is 1.37. The summed E-state index contributed by atoms with van der Waals surface area (Å²) in [5, 5.41) is 7.87. The highest BCUT2D eigenvalue weighted by Crippen LogP contribution is 2.50. The Balaban J connectivity index is 1.59. The zero-order valence-corrected chi connectivity index (χ0v) is 21.1. The number of halogens is 3. The van der Waals surface area contributed by atoms with Gasteiger partial charge in [0.15, 0.2) is 0 Å². The van der Waals surface area contributed by atoms with E-state index in [0.29, 0.717) is 5.92 Å². The maximum absolute atomic E-state index is 6.55. The first-order valence-electron chi connectivity index (χ1n) is 10.3. The van der Waals surface area contributed by atoms with Gasteiger partial charge < -0.3 is 4.74 Å². The Hall–Kier alpha value is -1.82. The van der Waals surface area contributed by atoms with Gasteiger partial charge in [-0.15, -0.1) is 0 Å². The lowest BCUT2D eigenvalue weighted by atomic mass is 9.95. The third-order valence-electron chi connectivity index (χ3n) is 5.87. The summed E-state index contributed by atoms with van der Waals surface area (Å²) in [6, 6.07) is 20.8. The molecule has 3 nitrogen and oxygen atoms in total. The van der Waals surface area contributed by atoms with Gasteiger partial charge in [-0.05, 0) is 57.2 Å². The van der Waals surface area contributed by atoms with Gasteiger partial charge in [-0.2, -0.15) is 5.10 Å².